The van der Waals surface area contributed by atoms with Gasteiger partial charge in [-0.25, -0.2) is 4.79 Å². The van der Waals surface area contributed by atoms with Gasteiger partial charge in [0.25, 0.3) is 0 Å². The van der Waals surface area contributed by atoms with Crippen LogP contribution in [0.25, 0.3) is 5.70 Å². The van der Waals surface area contributed by atoms with Crippen molar-refractivity contribution in [2.45, 2.75) is 6.92 Å². The molecular weight excluding hydrogens is 278 g/mol. The monoisotopic (exact) mass is 297 g/mol. The highest BCUT2D eigenvalue weighted by Crippen LogP contribution is 2.27. The Morgan fingerprint density at radius 1 is 1.09 bits per heavy atom. The number of carbonyl (C=O) groups is 1. The molecule has 4 heteroatoms. The largest absolute Gasteiger partial charge is 0.495 e. The maximum absolute atomic E-state index is 11.8. The number of esters is 1. The van der Waals surface area contributed by atoms with Gasteiger partial charge < -0.3 is 14.8 Å². The van der Waals surface area contributed by atoms with Crippen LogP contribution >= 0.6 is 0 Å². The summed E-state index contributed by atoms with van der Waals surface area (Å²) in [5, 5.41) is 3.24. The molecule has 0 fully saturated rings. The summed E-state index contributed by atoms with van der Waals surface area (Å²) in [4.78, 5) is 11.8. The average molecular weight is 297 g/mol. The van der Waals surface area contributed by atoms with E-state index < -0.39 is 0 Å². The first-order valence-corrected chi connectivity index (χ1v) is 7.08. The first-order chi connectivity index (χ1) is 10.7. The lowest BCUT2D eigenvalue weighted by Gasteiger charge is -2.14. The zero-order valence-electron chi connectivity index (χ0n) is 12.7. The molecule has 0 aliphatic heterocycles. The molecule has 114 valence electrons. The number of nitrogens with one attached hydrogen (secondary N) is 1. The van der Waals surface area contributed by atoms with Gasteiger partial charge in [0.05, 0.1) is 25.1 Å². The Kier molecular flexibility index (Phi) is 5.60. The molecule has 1 N–H and O–H groups in total. The second-order valence-electron chi connectivity index (χ2n) is 4.50. The van der Waals surface area contributed by atoms with Crippen LogP contribution in [0.15, 0.2) is 60.7 Å². The Morgan fingerprint density at radius 2 is 1.77 bits per heavy atom. The van der Waals surface area contributed by atoms with Gasteiger partial charge in [-0.2, -0.15) is 0 Å². The predicted molar refractivity (Wildman–Crippen MR) is 87.7 cm³/mol. The number of anilines is 1. The average Bonchev–Trinajstić information content (AvgIpc) is 2.56. The van der Waals surface area contributed by atoms with Crippen molar-refractivity contribution in [3.05, 3.63) is 66.2 Å². The molecule has 0 saturated carbocycles. The van der Waals surface area contributed by atoms with Gasteiger partial charge in [0.2, 0.25) is 0 Å². The standard InChI is InChI=1S/C18H19NO3/c1-3-22-18(20)13-16(14-9-5-4-6-10-14)19-15-11-7-8-12-17(15)21-2/h4-13,19H,3H2,1-2H3/b16-13+. The van der Waals surface area contributed by atoms with Crippen LogP contribution in [0, 0.1) is 0 Å². The highest BCUT2D eigenvalue weighted by Gasteiger charge is 2.08. The second kappa shape index (κ2) is 7.88. The third kappa shape index (κ3) is 4.12. The summed E-state index contributed by atoms with van der Waals surface area (Å²) in [6.45, 7) is 2.12. The number of rotatable bonds is 6. The van der Waals surface area contributed by atoms with Crippen molar-refractivity contribution in [1.29, 1.82) is 0 Å². The van der Waals surface area contributed by atoms with Gasteiger partial charge in [-0.15, -0.1) is 0 Å². The highest BCUT2D eigenvalue weighted by atomic mass is 16.5. The quantitative estimate of drug-likeness (QED) is 0.652. The van der Waals surface area contributed by atoms with E-state index in [0.717, 1.165) is 11.3 Å². The van der Waals surface area contributed by atoms with Gasteiger partial charge in [-0.05, 0) is 24.6 Å². The van der Waals surface area contributed by atoms with E-state index in [1.54, 1.807) is 14.0 Å². The zero-order chi connectivity index (χ0) is 15.8. The normalized spacial score (nSPS) is 10.9. The van der Waals surface area contributed by atoms with Gasteiger partial charge in [0.15, 0.2) is 0 Å². The molecule has 0 unspecified atom stereocenters. The molecule has 0 heterocycles. The van der Waals surface area contributed by atoms with E-state index in [1.165, 1.54) is 6.08 Å². The topological polar surface area (TPSA) is 47.6 Å². The van der Waals surface area contributed by atoms with Crippen molar-refractivity contribution in [1.82, 2.24) is 0 Å². The molecule has 2 aromatic rings. The van der Waals surface area contributed by atoms with Gasteiger partial charge >= 0.3 is 5.97 Å². The van der Waals surface area contributed by atoms with Gasteiger partial charge in [0, 0.05) is 6.08 Å². The van der Waals surface area contributed by atoms with E-state index in [2.05, 4.69) is 5.32 Å². The molecule has 0 amide bonds. The molecule has 4 nitrogen and oxygen atoms in total. The minimum atomic E-state index is -0.385. The molecule has 0 aromatic heterocycles. The van der Waals surface area contributed by atoms with Crippen molar-refractivity contribution in [2.75, 3.05) is 19.0 Å². The lowest BCUT2D eigenvalue weighted by molar-refractivity contribution is -0.137. The van der Waals surface area contributed by atoms with Crippen molar-refractivity contribution in [2.24, 2.45) is 0 Å². The lowest BCUT2D eigenvalue weighted by atomic mass is 10.1. The van der Waals surface area contributed by atoms with E-state index >= 15 is 0 Å². The molecule has 0 aliphatic carbocycles. The number of methoxy groups -OCH3 is 1. The maximum Gasteiger partial charge on any atom is 0.332 e. The summed E-state index contributed by atoms with van der Waals surface area (Å²) in [5.74, 6) is 0.317. The fourth-order valence-corrected chi connectivity index (χ4v) is 2.00. The zero-order valence-corrected chi connectivity index (χ0v) is 12.7. The van der Waals surface area contributed by atoms with Crippen LogP contribution in [-0.4, -0.2) is 19.7 Å². The van der Waals surface area contributed by atoms with Gasteiger partial charge in [0.1, 0.15) is 5.75 Å². The Balaban J connectivity index is 2.35. The third-order valence-corrected chi connectivity index (χ3v) is 3.01. The lowest BCUT2D eigenvalue weighted by Crippen LogP contribution is -2.06. The van der Waals surface area contributed by atoms with Crippen LogP contribution in [0.2, 0.25) is 0 Å². The third-order valence-electron chi connectivity index (χ3n) is 3.01. The fourth-order valence-electron chi connectivity index (χ4n) is 2.00. The van der Waals surface area contributed by atoms with Crippen LogP contribution in [0.1, 0.15) is 12.5 Å². The second-order valence-corrected chi connectivity index (χ2v) is 4.50. The molecule has 2 rings (SSSR count). The molecular formula is C18H19NO3. The Bertz CT molecular complexity index is 650. The summed E-state index contributed by atoms with van der Waals surface area (Å²) in [5.41, 5.74) is 2.33. The molecule has 22 heavy (non-hydrogen) atoms. The smallest absolute Gasteiger partial charge is 0.332 e. The van der Waals surface area contributed by atoms with Crippen LogP contribution < -0.4 is 10.1 Å². The SMILES string of the molecule is CCOC(=O)/C=C(/Nc1ccccc1OC)c1ccccc1. The van der Waals surface area contributed by atoms with Crippen LogP contribution in [0.5, 0.6) is 5.75 Å². The fraction of sp³-hybridized carbons (Fsp3) is 0.167. The maximum atomic E-state index is 11.8. The van der Waals surface area contributed by atoms with Crippen molar-refractivity contribution in [3.8, 4) is 5.75 Å². The molecule has 0 radical (unpaired) electrons. The summed E-state index contributed by atoms with van der Waals surface area (Å²) in [6, 6.07) is 17.1. The molecule has 0 atom stereocenters. The van der Waals surface area contributed by atoms with Gasteiger partial charge in [-0.3, -0.25) is 0 Å². The predicted octanol–water partition coefficient (Wildman–Crippen LogP) is 3.71. The Hall–Kier alpha value is -2.75. The molecule has 0 saturated heterocycles. The molecule has 0 bridgehead atoms. The van der Waals surface area contributed by atoms with E-state index in [-0.39, 0.29) is 5.97 Å². The summed E-state index contributed by atoms with van der Waals surface area (Å²) in [7, 11) is 1.61. The number of para-hydroxylation sites is 2. The number of hydrogen-bond donors (Lipinski definition) is 1. The van der Waals surface area contributed by atoms with Crippen molar-refractivity contribution >= 4 is 17.4 Å². The molecule has 0 aliphatic rings. The van der Waals surface area contributed by atoms with Crippen molar-refractivity contribution < 1.29 is 14.3 Å². The number of carbonyl (C=O) groups excluding carboxylic acids is 1. The van der Waals surface area contributed by atoms with E-state index in [1.807, 2.05) is 54.6 Å². The first-order valence-electron chi connectivity index (χ1n) is 7.08. The Morgan fingerprint density at radius 3 is 2.45 bits per heavy atom. The number of benzene rings is 2. The minimum Gasteiger partial charge on any atom is -0.495 e. The summed E-state index contributed by atoms with van der Waals surface area (Å²) >= 11 is 0. The van der Waals surface area contributed by atoms with Crippen LogP contribution in [0.3, 0.4) is 0 Å². The van der Waals surface area contributed by atoms with Crippen LogP contribution in [-0.2, 0) is 9.53 Å². The summed E-state index contributed by atoms with van der Waals surface area (Å²) in [6.07, 6.45) is 1.45. The minimum absolute atomic E-state index is 0.339. The van der Waals surface area contributed by atoms with Gasteiger partial charge in [-0.1, -0.05) is 42.5 Å². The number of hydrogen-bond acceptors (Lipinski definition) is 4. The van der Waals surface area contributed by atoms with E-state index in [9.17, 15) is 4.79 Å². The van der Waals surface area contributed by atoms with E-state index in [4.69, 9.17) is 9.47 Å². The first kappa shape index (κ1) is 15.6. The Labute approximate surface area is 130 Å². The van der Waals surface area contributed by atoms with Crippen LogP contribution in [0.4, 0.5) is 5.69 Å². The summed E-state index contributed by atoms with van der Waals surface area (Å²) < 4.78 is 10.3. The molecule has 2 aromatic carbocycles. The highest BCUT2D eigenvalue weighted by molar-refractivity contribution is 5.94. The van der Waals surface area contributed by atoms with Crippen molar-refractivity contribution in [3.63, 3.8) is 0 Å². The number of ether oxygens (including phenoxy) is 2. The molecule has 0 spiro atoms. The van der Waals surface area contributed by atoms with E-state index in [0.29, 0.717) is 18.1 Å².